The van der Waals surface area contributed by atoms with Crippen LogP contribution in [0, 0.1) is 6.92 Å². The van der Waals surface area contributed by atoms with E-state index in [9.17, 15) is 4.79 Å². The molecule has 0 atom stereocenters. The topological polar surface area (TPSA) is 80.6 Å². The molecular formula is C14H13Cl2N3O2. The summed E-state index contributed by atoms with van der Waals surface area (Å²) in [6, 6.07) is 8.46. The number of benzene rings is 1. The number of hydrogen-bond donors (Lipinski definition) is 2. The normalized spacial score (nSPS) is 11.7. The van der Waals surface area contributed by atoms with Gasteiger partial charge in [-0.3, -0.25) is 4.79 Å². The molecule has 0 spiro atoms. The average molecular weight is 326 g/mol. The number of hydrogen-bond acceptors (Lipinski definition) is 3. The summed E-state index contributed by atoms with van der Waals surface area (Å²) in [6.45, 7) is 2.03. The van der Waals surface area contributed by atoms with Crippen molar-refractivity contribution < 1.29 is 5.21 Å². The van der Waals surface area contributed by atoms with Crippen molar-refractivity contribution >= 4 is 29.0 Å². The zero-order chi connectivity index (χ0) is 15.6. The van der Waals surface area contributed by atoms with Gasteiger partial charge in [-0.15, -0.1) is 0 Å². The Balaban J connectivity index is 2.54. The molecule has 0 saturated carbocycles. The molecule has 0 saturated heterocycles. The van der Waals surface area contributed by atoms with Crippen LogP contribution in [0.15, 0.2) is 40.3 Å². The third-order valence-electron chi connectivity index (χ3n) is 3.14. The number of nitrogens with two attached hydrogens (primary N) is 1. The van der Waals surface area contributed by atoms with Crippen molar-refractivity contribution in [2.75, 3.05) is 0 Å². The number of aryl methyl sites for hydroxylation is 1. The van der Waals surface area contributed by atoms with Gasteiger partial charge in [0.2, 0.25) is 0 Å². The number of halogens is 2. The fraction of sp³-hybridized carbons (Fsp3) is 0.143. The lowest BCUT2D eigenvalue weighted by Crippen LogP contribution is -2.31. The average Bonchev–Trinajstić information content (AvgIpc) is 2.47. The summed E-state index contributed by atoms with van der Waals surface area (Å²) >= 11 is 12.1. The van der Waals surface area contributed by atoms with Gasteiger partial charge >= 0.3 is 0 Å². The zero-order valence-corrected chi connectivity index (χ0v) is 12.7. The highest BCUT2D eigenvalue weighted by Crippen LogP contribution is 2.26. The summed E-state index contributed by atoms with van der Waals surface area (Å²) in [4.78, 5) is 12.4. The van der Waals surface area contributed by atoms with E-state index in [1.54, 1.807) is 31.2 Å². The highest BCUT2D eigenvalue weighted by Gasteiger charge is 2.12. The summed E-state index contributed by atoms with van der Waals surface area (Å²) < 4.78 is 1.49. The van der Waals surface area contributed by atoms with E-state index < -0.39 is 0 Å². The number of rotatable bonds is 3. The van der Waals surface area contributed by atoms with Crippen molar-refractivity contribution in [2.24, 2.45) is 10.9 Å². The first-order valence-corrected chi connectivity index (χ1v) is 6.82. The van der Waals surface area contributed by atoms with Crippen LogP contribution >= 0.6 is 23.2 Å². The molecule has 0 aliphatic carbocycles. The number of oxime groups is 1. The molecule has 0 radical (unpaired) electrons. The van der Waals surface area contributed by atoms with E-state index in [0.29, 0.717) is 15.6 Å². The molecule has 0 fully saturated rings. The molecule has 0 unspecified atom stereocenters. The third kappa shape index (κ3) is 3.04. The van der Waals surface area contributed by atoms with Crippen LogP contribution in [0.3, 0.4) is 0 Å². The van der Waals surface area contributed by atoms with Crippen LogP contribution in [0.1, 0.15) is 16.8 Å². The van der Waals surface area contributed by atoms with Crippen LogP contribution in [-0.2, 0) is 6.54 Å². The second-order valence-corrected chi connectivity index (χ2v) is 5.26. The molecular weight excluding hydrogens is 313 g/mol. The van der Waals surface area contributed by atoms with Crippen molar-refractivity contribution in [3.05, 3.63) is 67.6 Å². The monoisotopic (exact) mass is 325 g/mol. The van der Waals surface area contributed by atoms with Gasteiger partial charge in [0.1, 0.15) is 0 Å². The van der Waals surface area contributed by atoms with Gasteiger partial charge in [0.05, 0.1) is 22.2 Å². The van der Waals surface area contributed by atoms with Crippen LogP contribution < -0.4 is 11.3 Å². The Kier molecular flexibility index (Phi) is 4.55. The fourth-order valence-corrected chi connectivity index (χ4v) is 2.34. The van der Waals surface area contributed by atoms with Crippen LogP contribution in [0.2, 0.25) is 10.0 Å². The van der Waals surface area contributed by atoms with Gasteiger partial charge in [0, 0.05) is 5.69 Å². The molecule has 21 heavy (non-hydrogen) atoms. The van der Waals surface area contributed by atoms with Gasteiger partial charge in [-0.2, -0.15) is 0 Å². The van der Waals surface area contributed by atoms with Crippen LogP contribution in [-0.4, -0.2) is 15.6 Å². The summed E-state index contributed by atoms with van der Waals surface area (Å²) in [6.07, 6.45) is 0. The number of amidine groups is 1. The maximum Gasteiger partial charge on any atom is 0.262 e. The largest absolute Gasteiger partial charge is 0.409 e. The molecule has 0 bridgehead atoms. The molecule has 5 nitrogen and oxygen atoms in total. The molecule has 110 valence electrons. The molecule has 7 heteroatoms. The lowest BCUT2D eigenvalue weighted by Gasteiger charge is -2.13. The van der Waals surface area contributed by atoms with Gasteiger partial charge in [0.15, 0.2) is 5.84 Å². The van der Waals surface area contributed by atoms with Gasteiger partial charge in [-0.05, 0) is 30.7 Å². The Morgan fingerprint density at radius 2 is 2.05 bits per heavy atom. The van der Waals surface area contributed by atoms with Gasteiger partial charge in [0.25, 0.3) is 5.56 Å². The first-order valence-electron chi connectivity index (χ1n) is 6.07. The molecule has 1 aromatic carbocycles. The molecule has 1 heterocycles. The molecule has 3 N–H and O–H groups in total. The maximum absolute atomic E-state index is 12.4. The molecule has 2 rings (SSSR count). The third-order valence-corrected chi connectivity index (χ3v) is 3.99. The van der Waals surface area contributed by atoms with Crippen molar-refractivity contribution in [1.29, 1.82) is 0 Å². The predicted octanol–water partition coefficient (Wildman–Crippen LogP) is 2.61. The summed E-state index contributed by atoms with van der Waals surface area (Å²) in [5.74, 6) is -0.231. The van der Waals surface area contributed by atoms with Crippen LogP contribution in [0.5, 0.6) is 0 Å². The Labute approximate surface area is 131 Å². The van der Waals surface area contributed by atoms with Crippen LogP contribution in [0.25, 0.3) is 0 Å². The van der Waals surface area contributed by atoms with E-state index in [-0.39, 0.29) is 23.5 Å². The predicted molar refractivity (Wildman–Crippen MR) is 83.5 cm³/mol. The fourth-order valence-electron chi connectivity index (χ4n) is 1.96. The lowest BCUT2D eigenvalue weighted by molar-refractivity contribution is 0.318. The first kappa shape index (κ1) is 15.4. The second kappa shape index (κ2) is 6.20. The summed E-state index contributed by atoms with van der Waals surface area (Å²) in [5, 5.41) is 12.4. The highest BCUT2D eigenvalue weighted by molar-refractivity contribution is 6.42. The Hall–Kier alpha value is -1.98. The number of nitrogens with zero attached hydrogens (tertiary/aromatic N) is 2. The quantitative estimate of drug-likeness (QED) is 0.394. The Morgan fingerprint density at radius 3 is 2.71 bits per heavy atom. The highest BCUT2D eigenvalue weighted by atomic mass is 35.5. The van der Waals surface area contributed by atoms with E-state index >= 15 is 0 Å². The first-order chi connectivity index (χ1) is 9.95. The van der Waals surface area contributed by atoms with E-state index in [1.165, 1.54) is 10.6 Å². The maximum atomic E-state index is 12.4. The molecule has 1 aromatic heterocycles. The minimum absolute atomic E-state index is 0.126. The van der Waals surface area contributed by atoms with Gasteiger partial charge < -0.3 is 15.5 Å². The molecule has 0 amide bonds. The van der Waals surface area contributed by atoms with Crippen molar-refractivity contribution in [3.8, 4) is 0 Å². The van der Waals surface area contributed by atoms with Crippen molar-refractivity contribution in [1.82, 2.24) is 4.57 Å². The molecule has 2 aromatic rings. The SMILES string of the molecule is Cc1ccc(/C(N)=N/O)c(=O)n1Cc1cccc(Cl)c1Cl. The van der Waals surface area contributed by atoms with Crippen molar-refractivity contribution in [2.45, 2.75) is 13.5 Å². The second-order valence-electron chi connectivity index (χ2n) is 4.48. The standard InChI is InChI=1S/C14H13Cl2N3O2/c1-8-5-6-10(13(17)18-21)14(20)19(8)7-9-3-2-4-11(15)12(9)16/h2-6,21H,7H2,1H3,(H2,17,18). The number of aromatic nitrogens is 1. The minimum Gasteiger partial charge on any atom is -0.409 e. The number of pyridine rings is 1. The van der Waals surface area contributed by atoms with E-state index in [2.05, 4.69) is 5.16 Å². The minimum atomic E-state index is -0.360. The van der Waals surface area contributed by atoms with Crippen LogP contribution in [0.4, 0.5) is 0 Å². The van der Waals surface area contributed by atoms with Crippen molar-refractivity contribution in [3.63, 3.8) is 0 Å². The molecule has 0 aliphatic heterocycles. The lowest BCUT2D eigenvalue weighted by atomic mass is 10.2. The van der Waals surface area contributed by atoms with E-state index in [0.717, 1.165) is 5.69 Å². The van der Waals surface area contributed by atoms with E-state index in [4.69, 9.17) is 34.1 Å². The Bertz CT molecular complexity index is 769. The zero-order valence-electron chi connectivity index (χ0n) is 11.2. The molecule has 0 aliphatic rings. The summed E-state index contributed by atoms with van der Waals surface area (Å²) in [5.41, 5.74) is 6.71. The van der Waals surface area contributed by atoms with E-state index in [1.807, 2.05) is 0 Å². The summed E-state index contributed by atoms with van der Waals surface area (Å²) in [7, 11) is 0. The van der Waals surface area contributed by atoms with Gasteiger partial charge in [-0.25, -0.2) is 0 Å². The Morgan fingerprint density at radius 1 is 1.33 bits per heavy atom. The smallest absolute Gasteiger partial charge is 0.262 e. The van der Waals surface area contributed by atoms with Gasteiger partial charge in [-0.1, -0.05) is 40.5 Å².